The number of nitriles is 1. The fraction of sp³-hybridized carbons (Fsp3) is 0.333. The summed E-state index contributed by atoms with van der Waals surface area (Å²) in [5.41, 5.74) is 1.11. The zero-order valence-corrected chi connectivity index (χ0v) is 12.8. The molecule has 3 rings (SSSR count). The number of hydrogen-bond acceptors (Lipinski definition) is 4. The van der Waals surface area contributed by atoms with Gasteiger partial charge in [-0.2, -0.15) is 10.2 Å². The molecule has 23 heavy (non-hydrogen) atoms. The monoisotopic (exact) mass is 311 g/mol. The summed E-state index contributed by atoms with van der Waals surface area (Å²) in [5.74, 6) is 0.534. The van der Waals surface area contributed by atoms with Crippen LogP contribution in [0.1, 0.15) is 49.3 Å². The first-order valence-corrected chi connectivity index (χ1v) is 7.86. The minimum absolute atomic E-state index is 0.273. The first kappa shape index (κ1) is 15.3. The molecular weight excluding hydrogens is 293 g/mol. The van der Waals surface area contributed by atoms with Crippen molar-refractivity contribution in [2.45, 2.75) is 38.1 Å². The summed E-state index contributed by atoms with van der Waals surface area (Å²) in [4.78, 5) is 4.18. The third-order valence-corrected chi connectivity index (χ3v) is 3.98. The van der Waals surface area contributed by atoms with Gasteiger partial charge < -0.3 is 9.73 Å². The Balaban J connectivity index is 1.73. The Kier molecular flexibility index (Phi) is 4.72. The van der Waals surface area contributed by atoms with Crippen molar-refractivity contribution in [3.63, 3.8) is 0 Å². The Labute approximate surface area is 134 Å². The Morgan fingerprint density at radius 3 is 2.61 bits per heavy atom. The molecule has 0 aliphatic heterocycles. The maximum Gasteiger partial charge on any atom is 0.232 e. The number of rotatable bonds is 4. The minimum Gasteiger partial charge on any atom is -0.420 e. The number of hydrogen-bond donors (Lipinski definition) is 1. The van der Waals surface area contributed by atoms with E-state index in [0.29, 0.717) is 17.8 Å². The first-order valence-electron chi connectivity index (χ1n) is 7.86. The second-order valence-corrected chi connectivity index (χ2v) is 5.71. The SMILES string of the molecule is N#Cc1nc(/C=C/c2ccc(F)cc2)oc1NC1CCCCC1. The van der Waals surface area contributed by atoms with Crippen molar-refractivity contribution in [3.8, 4) is 6.07 Å². The van der Waals surface area contributed by atoms with Crippen molar-refractivity contribution < 1.29 is 8.81 Å². The third-order valence-electron chi connectivity index (χ3n) is 3.98. The number of benzene rings is 1. The minimum atomic E-state index is -0.274. The number of anilines is 1. The molecule has 4 nitrogen and oxygen atoms in total. The van der Waals surface area contributed by atoms with E-state index in [1.54, 1.807) is 24.3 Å². The summed E-state index contributed by atoms with van der Waals surface area (Å²) in [6, 6.07) is 8.53. The predicted octanol–water partition coefficient (Wildman–Crippen LogP) is 4.60. The molecule has 1 aliphatic rings. The molecule has 2 aromatic rings. The van der Waals surface area contributed by atoms with Crippen LogP contribution >= 0.6 is 0 Å². The van der Waals surface area contributed by atoms with Gasteiger partial charge in [-0.05, 0) is 36.6 Å². The number of oxazole rings is 1. The van der Waals surface area contributed by atoms with E-state index in [-0.39, 0.29) is 11.5 Å². The van der Waals surface area contributed by atoms with E-state index < -0.39 is 0 Å². The maximum atomic E-state index is 12.9. The first-order chi connectivity index (χ1) is 11.2. The fourth-order valence-corrected chi connectivity index (χ4v) is 2.76. The van der Waals surface area contributed by atoms with Gasteiger partial charge in [-0.15, -0.1) is 0 Å². The van der Waals surface area contributed by atoms with Gasteiger partial charge in [-0.3, -0.25) is 0 Å². The molecule has 0 unspecified atom stereocenters. The molecule has 1 heterocycles. The van der Waals surface area contributed by atoms with Gasteiger partial charge in [0.2, 0.25) is 17.5 Å². The molecule has 1 aromatic carbocycles. The standard InChI is InChI=1S/C18H18FN3O/c19-14-9-6-13(7-10-14)8-11-17-22-16(12-20)18(23-17)21-15-4-2-1-3-5-15/h6-11,15,21H,1-5H2/b11-8+. The lowest BCUT2D eigenvalue weighted by atomic mass is 9.95. The van der Waals surface area contributed by atoms with E-state index in [2.05, 4.69) is 16.4 Å². The molecule has 0 atom stereocenters. The second kappa shape index (κ2) is 7.10. The van der Waals surface area contributed by atoms with E-state index in [1.165, 1.54) is 31.4 Å². The molecule has 118 valence electrons. The fourth-order valence-electron chi connectivity index (χ4n) is 2.76. The van der Waals surface area contributed by atoms with Gasteiger partial charge >= 0.3 is 0 Å². The largest absolute Gasteiger partial charge is 0.420 e. The zero-order valence-electron chi connectivity index (χ0n) is 12.8. The van der Waals surface area contributed by atoms with Crippen LogP contribution in [0.3, 0.4) is 0 Å². The van der Waals surface area contributed by atoms with Crippen LogP contribution in [0.25, 0.3) is 12.2 Å². The number of nitrogens with zero attached hydrogens (tertiary/aromatic N) is 2. The van der Waals surface area contributed by atoms with Crippen molar-refractivity contribution in [3.05, 3.63) is 47.2 Å². The average molecular weight is 311 g/mol. The van der Waals surface area contributed by atoms with Crippen LogP contribution in [0.2, 0.25) is 0 Å². The van der Waals surface area contributed by atoms with E-state index in [1.807, 2.05) is 0 Å². The lowest BCUT2D eigenvalue weighted by Gasteiger charge is -2.22. The third kappa shape index (κ3) is 3.98. The van der Waals surface area contributed by atoms with Crippen LogP contribution < -0.4 is 5.32 Å². The second-order valence-electron chi connectivity index (χ2n) is 5.71. The Hall–Kier alpha value is -2.61. The van der Waals surface area contributed by atoms with Gasteiger partial charge in [0.05, 0.1) is 0 Å². The molecule has 5 heteroatoms. The summed E-state index contributed by atoms with van der Waals surface area (Å²) in [6.07, 6.45) is 9.30. The van der Waals surface area contributed by atoms with Crippen molar-refractivity contribution in [2.24, 2.45) is 0 Å². The van der Waals surface area contributed by atoms with E-state index >= 15 is 0 Å². The molecule has 0 saturated heterocycles. The highest BCUT2D eigenvalue weighted by Gasteiger charge is 2.18. The normalized spacial score (nSPS) is 15.7. The molecule has 1 aliphatic carbocycles. The molecule has 1 saturated carbocycles. The molecule has 0 spiro atoms. The molecular formula is C18H18FN3O. The van der Waals surface area contributed by atoms with Crippen LogP contribution in [-0.2, 0) is 0 Å². The van der Waals surface area contributed by atoms with E-state index in [0.717, 1.165) is 18.4 Å². The Bertz CT molecular complexity index is 722. The van der Waals surface area contributed by atoms with Crippen LogP contribution in [0.15, 0.2) is 28.7 Å². The smallest absolute Gasteiger partial charge is 0.232 e. The summed E-state index contributed by atoms with van der Waals surface area (Å²) >= 11 is 0. The molecule has 1 N–H and O–H groups in total. The van der Waals surface area contributed by atoms with Crippen molar-refractivity contribution in [1.29, 1.82) is 5.26 Å². The van der Waals surface area contributed by atoms with Crippen LogP contribution in [0.4, 0.5) is 10.3 Å². The molecule has 0 radical (unpaired) electrons. The van der Waals surface area contributed by atoms with Crippen molar-refractivity contribution >= 4 is 18.0 Å². The summed E-state index contributed by atoms with van der Waals surface area (Å²) < 4.78 is 18.5. The predicted molar refractivity (Wildman–Crippen MR) is 87.0 cm³/mol. The van der Waals surface area contributed by atoms with Gasteiger partial charge in [-0.1, -0.05) is 31.4 Å². The quantitative estimate of drug-likeness (QED) is 0.896. The van der Waals surface area contributed by atoms with E-state index in [4.69, 9.17) is 4.42 Å². The number of halogens is 1. The van der Waals surface area contributed by atoms with Gasteiger partial charge in [-0.25, -0.2) is 4.39 Å². The molecule has 1 fully saturated rings. The van der Waals surface area contributed by atoms with Crippen molar-refractivity contribution in [2.75, 3.05) is 5.32 Å². The topological polar surface area (TPSA) is 61.9 Å². The summed E-state index contributed by atoms with van der Waals surface area (Å²) in [7, 11) is 0. The van der Waals surface area contributed by atoms with Crippen molar-refractivity contribution in [1.82, 2.24) is 4.98 Å². The Morgan fingerprint density at radius 1 is 1.17 bits per heavy atom. The van der Waals surface area contributed by atoms with Crippen LogP contribution in [-0.4, -0.2) is 11.0 Å². The summed E-state index contributed by atoms with van der Waals surface area (Å²) in [5, 5.41) is 12.5. The van der Waals surface area contributed by atoms with Gasteiger partial charge in [0.15, 0.2) is 0 Å². The van der Waals surface area contributed by atoms with Gasteiger partial charge in [0.25, 0.3) is 0 Å². The zero-order chi connectivity index (χ0) is 16.1. The molecule has 1 aromatic heterocycles. The number of nitrogens with one attached hydrogen (secondary N) is 1. The number of aromatic nitrogens is 1. The van der Waals surface area contributed by atoms with E-state index in [9.17, 15) is 9.65 Å². The average Bonchev–Trinajstić information content (AvgIpc) is 2.97. The summed E-state index contributed by atoms with van der Waals surface area (Å²) in [6.45, 7) is 0. The molecule has 0 amide bonds. The maximum absolute atomic E-state index is 12.9. The van der Waals surface area contributed by atoms with Crippen LogP contribution in [0.5, 0.6) is 0 Å². The lowest BCUT2D eigenvalue weighted by Crippen LogP contribution is -2.22. The highest BCUT2D eigenvalue weighted by Crippen LogP contribution is 2.25. The van der Waals surface area contributed by atoms with Crippen LogP contribution in [0, 0.1) is 17.1 Å². The van der Waals surface area contributed by atoms with Gasteiger partial charge in [0, 0.05) is 12.1 Å². The molecule has 0 bridgehead atoms. The highest BCUT2D eigenvalue weighted by atomic mass is 19.1. The Morgan fingerprint density at radius 2 is 1.91 bits per heavy atom. The lowest BCUT2D eigenvalue weighted by molar-refractivity contribution is 0.449. The highest BCUT2D eigenvalue weighted by molar-refractivity contribution is 5.67. The van der Waals surface area contributed by atoms with Gasteiger partial charge in [0.1, 0.15) is 11.9 Å².